The predicted molar refractivity (Wildman–Crippen MR) is 127 cm³/mol. The molecule has 2 amide bonds. The number of ether oxygens (including phenoxy) is 2. The van der Waals surface area contributed by atoms with Crippen LogP contribution >= 0.6 is 0 Å². The maximum absolute atomic E-state index is 12.2. The molecular formula is C24H44N2O9. The summed E-state index contributed by atoms with van der Waals surface area (Å²) >= 11 is 0. The molecule has 11 nitrogen and oxygen atoms in total. The fraction of sp³-hybridized carbons (Fsp3) is 0.875. The lowest BCUT2D eigenvalue weighted by atomic mass is 9.92. The average Bonchev–Trinajstić information content (AvgIpc) is 2.82. The van der Waals surface area contributed by atoms with Gasteiger partial charge >= 0.3 is 0 Å². The maximum atomic E-state index is 12.2. The summed E-state index contributed by atoms with van der Waals surface area (Å²) in [6, 6.07) is -0.557. The second kappa shape index (κ2) is 17.7. The lowest BCUT2D eigenvalue weighted by Crippen LogP contribution is -2.55. The molecule has 1 saturated heterocycles. The number of aliphatic hydroxyl groups excluding tert-OH is 4. The number of rotatable bonds is 18. The van der Waals surface area contributed by atoms with Crippen LogP contribution in [0.2, 0.25) is 0 Å². The summed E-state index contributed by atoms with van der Waals surface area (Å²) in [6.45, 7) is 3.58. The second-order valence-corrected chi connectivity index (χ2v) is 9.15. The summed E-state index contributed by atoms with van der Waals surface area (Å²) in [5, 5.41) is 43.5. The molecule has 0 saturated carbocycles. The number of hydrogen-bond donors (Lipinski definition) is 6. The monoisotopic (exact) mass is 504 g/mol. The van der Waals surface area contributed by atoms with Crippen LogP contribution in [-0.2, 0) is 23.9 Å². The molecule has 0 bridgehead atoms. The third-order valence-corrected chi connectivity index (χ3v) is 6.15. The summed E-state index contributed by atoms with van der Waals surface area (Å²) < 4.78 is 11.1. The summed E-state index contributed by atoms with van der Waals surface area (Å²) in [6.07, 6.45) is 0.964. The van der Waals surface area contributed by atoms with Crippen molar-refractivity contribution in [3.8, 4) is 0 Å². The molecule has 1 aliphatic rings. The molecule has 6 unspecified atom stereocenters. The Morgan fingerprint density at radius 3 is 2.29 bits per heavy atom. The smallest absolute Gasteiger partial charge is 0.220 e. The summed E-state index contributed by atoms with van der Waals surface area (Å²) in [4.78, 5) is 35.8. The first kappa shape index (κ1) is 31.4. The lowest BCUT2D eigenvalue weighted by molar-refractivity contribution is -0.282. The number of nitrogens with one attached hydrogen (secondary N) is 2. The molecule has 1 fully saturated rings. The number of hydrogen-bond acceptors (Lipinski definition) is 9. The highest BCUT2D eigenvalue weighted by Gasteiger charge is 2.42. The van der Waals surface area contributed by atoms with Crippen molar-refractivity contribution in [2.24, 2.45) is 5.92 Å². The zero-order valence-electron chi connectivity index (χ0n) is 21.0. The van der Waals surface area contributed by atoms with Gasteiger partial charge in [0.1, 0.15) is 12.2 Å². The van der Waals surface area contributed by atoms with Gasteiger partial charge in [-0.1, -0.05) is 6.92 Å². The van der Waals surface area contributed by atoms with E-state index in [4.69, 9.17) is 14.6 Å². The zero-order chi connectivity index (χ0) is 26.2. The highest BCUT2D eigenvalue weighted by molar-refractivity contribution is 5.87. The number of carbonyl (C=O) groups is 3. The van der Waals surface area contributed by atoms with Gasteiger partial charge in [0.15, 0.2) is 12.1 Å². The van der Waals surface area contributed by atoms with Crippen LogP contribution in [0.15, 0.2) is 0 Å². The van der Waals surface area contributed by atoms with Crippen molar-refractivity contribution < 1.29 is 44.3 Å². The van der Waals surface area contributed by atoms with Crippen molar-refractivity contribution in [3.05, 3.63) is 0 Å². The molecule has 11 heteroatoms. The van der Waals surface area contributed by atoms with E-state index in [0.29, 0.717) is 57.9 Å². The minimum Gasteiger partial charge on any atom is -0.396 e. The second-order valence-electron chi connectivity index (χ2n) is 9.15. The SMILES string of the molecule is CC(=O)C(CCCCNC(=O)CCCCO)NC(=O)CCCCOC1OC(CO)C(O)C(O)C1C. The van der Waals surface area contributed by atoms with Gasteiger partial charge in [0.05, 0.1) is 18.8 Å². The first-order valence-corrected chi connectivity index (χ1v) is 12.6. The summed E-state index contributed by atoms with van der Waals surface area (Å²) in [5.74, 6) is -0.849. The Hall–Kier alpha value is -1.63. The van der Waals surface area contributed by atoms with E-state index in [1.165, 1.54) is 6.92 Å². The van der Waals surface area contributed by atoms with E-state index in [-0.39, 0.29) is 37.2 Å². The standard InChI is InChI=1S/C24H44N2O9/c1-16-22(32)23(33)19(15-28)35-24(16)34-14-8-5-11-21(31)26-18(17(2)29)9-3-6-12-25-20(30)10-4-7-13-27/h16,18-19,22-24,27-28,32-33H,3-15H2,1-2H3,(H,25,30)(H,26,31). The number of carbonyl (C=O) groups excluding carboxylic acids is 3. The van der Waals surface area contributed by atoms with E-state index >= 15 is 0 Å². The minimum absolute atomic E-state index is 0.0506. The fourth-order valence-electron chi connectivity index (χ4n) is 3.83. The zero-order valence-corrected chi connectivity index (χ0v) is 21.0. The Balaban J connectivity index is 2.20. The fourth-order valence-corrected chi connectivity index (χ4v) is 3.83. The third-order valence-electron chi connectivity index (χ3n) is 6.15. The van der Waals surface area contributed by atoms with Crippen molar-refractivity contribution >= 4 is 17.6 Å². The van der Waals surface area contributed by atoms with Crippen LogP contribution in [0.4, 0.5) is 0 Å². The minimum atomic E-state index is -1.17. The van der Waals surface area contributed by atoms with Gasteiger partial charge in [0.25, 0.3) is 0 Å². The molecule has 0 radical (unpaired) electrons. The Labute approximate surface area is 207 Å². The molecule has 1 heterocycles. The predicted octanol–water partition coefficient (Wildman–Crippen LogP) is -0.229. The van der Waals surface area contributed by atoms with Gasteiger partial charge in [0, 0.05) is 38.5 Å². The maximum Gasteiger partial charge on any atom is 0.220 e. The van der Waals surface area contributed by atoms with Gasteiger partial charge in [-0.15, -0.1) is 0 Å². The van der Waals surface area contributed by atoms with Gasteiger partial charge in [0.2, 0.25) is 11.8 Å². The summed E-state index contributed by atoms with van der Waals surface area (Å²) in [7, 11) is 0. The average molecular weight is 505 g/mol. The first-order valence-electron chi connectivity index (χ1n) is 12.6. The highest BCUT2D eigenvalue weighted by Crippen LogP contribution is 2.26. The molecule has 6 N–H and O–H groups in total. The first-order chi connectivity index (χ1) is 16.7. The van der Waals surface area contributed by atoms with E-state index in [0.717, 1.165) is 0 Å². The third kappa shape index (κ3) is 12.2. The molecule has 6 atom stereocenters. The highest BCUT2D eigenvalue weighted by atomic mass is 16.7. The molecule has 0 aromatic heterocycles. The number of unbranched alkanes of at least 4 members (excludes halogenated alkanes) is 3. The normalized spacial score (nSPS) is 25.1. The van der Waals surface area contributed by atoms with Gasteiger partial charge in [-0.2, -0.15) is 0 Å². The van der Waals surface area contributed by atoms with E-state index in [1.54, 1.807) is 6.92 Å². The molecule has 0 aromatic carbocycles. The van der Waals surface area contributed by atoms with Crippen LogP contribution in [0.25, 0.3) is 0 Å². The van der Waals surface area contributed by atoms with E-state index in [1.807, 2.05) is 0 Å². The molecular weight excluding hydrogens is 460 g/mol. The number of ketones is 1. The molecule has 0 spiro atoms. The Bertz CT molecular complexity index is 632. The van der Waals surface area contributed by atoms with Gasteiger partial charge in [-0.05, 0) is 51.9 Å². The molecule has 0 aromatic rings. The molecule has 1 aliphatic heterocycles. The van der Waals surface area contributed by atoms with Gasteiger partial charge < -0.3 is 40.5 Å². The number of amides is 2. The largest absolute Gasteiger partial charge is 0.396 e. The van der Waals surface area contributed by atoms with E-state index in [2.05, 4.69) is 10.6 Å². The molecule has 35 heavy (non-hydrogen) atoms. The van der Waals surface area contributed by atoms with Crippen molar-refractivity contribution in [1.29, 1.82) is 0 Å². The van der Waals surface area contributed by atoms with Crippen LogP contribution < -0.4 is 10.6 Å². The quantitative estimate of drug-likeness (QED) is 0.138. The number of Topliss-reactive ketones (excluding diaryl/α,β-unsaturated/α-hetero) is 1. The van der Waals surface area contributed by atoms with Gasteiger partial charge in [-0.3, -0.25) is 14.4 Å². The van der Waals surface area contributed by atoms with E-state index < -0.39 is 43.2 Å². The van der Waals surface area contributed by atoms with Crippen LogP contribution in [0.5, 0.6) is 0 Å². The Morgan fingerprint density at radius 2 is 1.63 bits per heavy atom. The number of aliphatic hydroxyl groups is 4. The Morgan fingerprint density at radius 1 is 0.943 bits per heavy atom. The van der Waals surface area contributed by atoms with Crippen LogP contribution in [0.1, 0.15) is 71.6 Å². The van der Waals surface area contributed by atoms with Crippen molar-refractivity contribution in [2.75, 3.05) is 26.4 Å². The van der Waals surface area contributed by atoms with Crippen LogP contribution in [-0.4, -0.2) is 95.0 Å². The molecule has 1 rings (SSSR count). The molecule has 0 aliphatic carbocycles. The van der Waals surface area contributed by atoms with Gasteiger partial charge in [-0.25, -0.2) is 0 Å². The molecule has 204 valence electrons. The van der Waals surface area contributed by atoms with E-state index in [9.17, 15) is 29.7 Å². The van der Waals surface area contributed by atoms with Crippen molar-refractivity contribution in [3.63, 3.8) is 0 Å². The van der Waals surface area contributed by atoms with Crippen LogP contribution in [0, 0.1) is 5.92 Å². The van der Waals surface area contributed by atoms with Crippen LogP contribution in [0.3, 0.4) is 0 Å². The summed E-state index contributed by atoms with van der Waals surface area (Å²) in [5.41, 5.74) is 0. The Kier molecular flexibility index (Phi) is 15.9. The van der Waals surface area contributed by atoms with Crippen molar-refractivity contribution in [1.82, 2.24) is 10.6 Å². The topological polar surface area (TPSA) is 175 Å². The lowest BCUT2D eigenvalue weighted by Gasteiger charge is -2.40. The van der Waals surface area contributed by atoms with Crippen molar-refractivity contribution in [2.45, 2.75) is 102 Å².